The Bertz CT molecular complexity index is 761. The minimum absolute atomic E-state index is 0.0411. The van der Waals surface area contributed by atoms with Crippen molar-refractivity contribution in [1.29, 1.82) is 5.41 Å². The zero-order chi connectivity index (χ0) is 22.7. The molecule has 0 fully saturated rings. The summed E-state index contributed by atoms with van der Waals surface area (Å²) in [7, 11) is 0. The van der Waals surface area contributed by atoms with Gasteiger partial charge in [-0.3, -0.25) is 19.2 Å². The van der Waals surface area contributed by atoms with Gasteiger partial charge in [0, 0.05) is 19.9 Å². The molecule has 0 spiro atoms. The zero-order valence-electron chi connectivity index (χ0n) is 18.1. The summed E-state index contributed by atoms with van der Waals surface area (Å²) < 4.78 is 0. The molecule has 0 aliphatic carbocycles. The molecule has 0 radical (unpaired) electrons. The molecule has 0 bridgehead atoms. The van der Waals surface area contributed by atoms with Gasteiger partial charge < -0.3 is 21.4 Å². The van der Waals surface area contributed by atoms with Crippen LogP contribution in [0.4, 0.5) is 0 Å². The summed E-state index contributed by atoms with van der Waals surface area (Å²) >= 11 is 0. The Labute approximate surface area is 177 Å². The normalized spacial score (nSPS) is 13.5. The third kappa shape index (κ3) is 8.55. The minimum atomic E-state index is -0.952. The second-order valence-corrected chi connectivity index (χ2v) is 7.48. The molecule has 1 aromatic rings. The number of hydrogen-bond donors (Lipinski definition) is 4. The molecule has 3 amide bonds. The van der Waals surface area contributed by atoms with Gasteiger partial charge in [0.25, 0.3) is 0 Å². The summed E-state index contributed by atoms with van der Waals surface area (Å²) in [6.45, 7) is 7.32. The summed E-state index contributed by atoms with van der Waals surface area (Å²) in [4.78, 5) is 48.5. The van der Waals surface area contributed by atoms with Crippen molar-refractivity contribution in [3.8, 4) is 0 Å². The van der Waals surface area contributed by atoms with E-state index in [2.05, 4.69) is 16.0 Å². The molecule has 0 saturated heterocycles. The van der Waals surface area contributed by atoms with Crippen molar-refractivity contribution in [3.05, 3.63) is 35.4 Å². The molecule has 0 aliphatic rings. The predicted octanol–water partition coefficient (Wildman–Crippen LogP) is 1.65. The van der Waals surface area contributed by atoms with E-state index in [0.29, 0.717) is 12.6 Å². The maximum atomic E-state index is 12.8. The Morgan fingerprint density at radius 1 is 1.07 bits per heavy atom. The lowest BCUT2D eigenvalue weighted by molar-refractivity contribution is -0.133. The lowest BCUT2D eigenvalue weighted by Crippen LogP contribution is -2.55. The first-order valence-corrected chi connectivity index (χ1v) is 10.1. The lowest BCUT2D eigenvalue weighted by atomic mass is 9.97. The first kappa shape index (κ1) is 25.0. The molecule has 8 heteroatoms. The molecule has 0 aromatic heterocycles. The highest BCUT2D eigenvalue weighted by atomic mass is 16.2. The van der Waals surface area contributed by atoms with Crippen LogP contribution in [0.15, 0.2) is 24.3 Å². The number of benzene rings is 1. The summed E-state index contributed by atoms with van der Waals surface area (Å²) in [5.74, 6) is -1.80. The van der Waals surface area contributed by atoms with Gasteiger partial charge in [0.15, 0.2) is 5.78 Å². The average molecular weight is 417 g/mol. The van der Waals surface area contributed by atoms with Crippen LogP contribution in [-0.2, 0) is 25.7 Å². The summed E-state index contributed by atoms with van der Waals surface area (Å²) in [5.41, 5.74) is 2.01. The Morgan fingerprint density at radius 3 is 2.23 bits per heavy atom. The van der Waals surface area contributed by atoms with Crippen LogP contribution in [0.3, 0.4) is 0 Å². The molecule has 164 valence electrons. The van der Waals surface area contributed by atoms with Gasteiger partial charge in [0.2, 0.25) is 17.7 Å². The van der Waals surface area contributed by atoms with Crippen molar-refractivity contribution >= 4 is 29.7 Å². The van der Waals surface area contributed by atoms with E-state index in [9.17, 15) is 19.2 Å². The second kappa shape index (κ2) is 12.5. The maximum absolute atomic E-state index is 12.8. The monoisotopic (exact) mass is 416 g/mol. The molecule has 1 rings (SSSR count). The van der Waals surface area contributed by atoms with Crippen LogP contribution in [0, 0.1) is 18.3 Å². The van der Waals surface area contributed by atoms with Gasteiger partial charge >= 0.3 is 0 Å². The smallest absolute Gasteiger partial charge is 0.243 e. The number of amides is 3. The molecule has 0 aliphatic heterocycles. The van der Waals surface area contributed by atoms with Gasteiger partial charge in [0.05, 0.1) is 6.21 Å². The molecule has 0 saturated carbocycles. The highest BCUT2D eigenvalue weighted by molar-refractivity contribution is 6.26. The van der Waals surface area contributed by atoms with Crippen LogP contribution in [0.5, 0.6) is 0 Å². The van der Waals surface area contributed by atoms with E-state index in [4.69, 9.17) is 5.41 Å². The van der Waals surface area contributed by atoms with Crippen LogP contribution in [0.25, 0.3) is 0 Å². The van der Waals surface area contributed by atoms with Crippen molar-refractivity contribution in [3.63, 3.8) is 0 Å². The maximum Gasteiger partial charge on any atom is 0.243 e. The van der Waals surface area contributed by atoms with Crippen molar-refractivity contribution in [2.45, 2.75) is 65.6 Å². The fourth-order valence-electron chi connectivity index (χ4n) is 2.83. The number of Topliss-reactive ketones (excluding diaryl/α,β-unsaturated/α-hetero) is 1. The van der Waals surface area contributed by atoms with Gasteiger partial charge in [0.1, 0.15) is 12.1 Å². The van der Waals surface area contributed by atoms with Crippen molar-refractivity contribution in [1.82, 2.24) is 16.0 Å². The molecule has 1 aromatic carbocycles. The SMILES string of the molecule is CCC(C)[C@H](NC(C)=O)C(=O)N[C@@H](CCC(=O)C=N)C(=O)NCc1ccc(C)cc1. The minimum Gasteiger partial charge on any atom is -0.350 e. The molecule has 0 heterocycles. The standard InChI is InChI=1S/C22H32N4O4/c1-5-15(3)20(25-16(4)27)22(30)26-19(11-10-18(28)12-23)21(29)24-13-17-8-6-14(2)7-9-17/h6-9,12,15,19-20,23H,5,10-11,13H2,1-4H3,(H,24,29)(H,25,27)(H,26,30)/t15?,19-,20-/m0/s1. The number of carbonyl (C=O) groups is 4. The van der Waals surface area contributed by atoms with Crippen LogP contribution < -0.4 is 16.0 Å². The van der Waals surface area contributed by atoms with Crippen LogP contribution >= 0.6 is 0 Å². The summed E-state index contributed by atoms with van der Waals surface area (Å²) in [6, 6.07) is 5.95. The molecule has 3 atom stereocenters. The second-order valence-electron chi connectivity index (χ2n) is 7.48. The number of carbonyl (C=O) groups excluding carboxylic acids is 4. The van der Waals surface area contributed by atoms with Gasteiger partial charge in [-0.1, -0.05) is 50.1 Å². The largest absolute Gasteiger partial charge is 0.350 e. The average Bonchev–Trinajstić information content (AvgIpc) is 2.73. The number of aryl methyl sites for hydroxylation is 1. The van der Waals surface area contributed by atoms with Crippen LogP contribution in [0.2, 0.25) is 0 Å². The number of hydrogen-bond acceptors (Lipinski definition) is 5. The van der Waals surface area contributed by atoms with E-state index in [1.54, 1.807) is 0 Å². The summed E-state index contributed by atoms with van der Waals surface area (Å²) in [6.07, 6.45) is 1.38. The fraction of sp³-hybridized carbons (Fsp3) is 0.500. The highest BCUT2D eigenvalue weighted by Gasteiger charge is 2.29. The first-order valence-electron chi connectivity index (χ1n) is 10.1. The molecule has 4 N–H and O–H groups in total. The van der Waals surface area contributed by atoms with Crippen LogP contribution in [0.1, 0.15) is 51.2 Å². The quantitative estimate of drug-likeness (QED) is 0.386. The van der Waals surface area contributed by atoms with E-state index in [-0.39, 0.29) is 31.2 Å². The van der Waals surface area contributed by atoms with E-state index in [1.807, 2.05) is 45.0 Å². The zero-order valence-corrected chi connectivity index (χ0v) is 18.1. The third-order valence-electron chi connectivity index (χ3n) is 4.91. The van der Waals surface area contributed by atoms with E-state index >= 15 is 0 Å². The predicted molar refractivity (Wildman–Crippen MR) is 115 cm³/mol. The van der Waals surface area contributed by atoms with E-state index < -0.39 is 29.7 Å². The molecular formula is C22H32N4O4. The lowest BCUT2D eigenvalue weighted by Gasteiger charge is -2.26. The van der Waals surface area contributed by atoms with Crippen molar-refractivity contribution < 1.29 is 19.2 Å². The number of nitrogens with one attached hydrogen (secondary N) is 4. The highest BCUT2D eigenvalue weighted by Crippen LogP contribution is 2.10. The number of rotatable bonds is 12. The molecular weight excluding hydrogens is 384 g/mol. The Balaban J connectivity index is 2.88. The van der Waals surface area contributed by atoms with Crippen molar-refractivity contribution in [2.75, 3.05) is 0 Å². The topological polar surface area (TPSA) is 128 Å². The molecule has 1 unspecified atom stereocenters. The Hall–Kier alpha value is -3.03. The fourth-order valence-corrected chi connectivity index (χ4v) is 2.83. The van der Waals surface area contributed by atoms with Crippen LogP contribution in [-0.4, -0.2) is 41.8 Å². The third-order valence-corrected chi connectivity index (χ3v) is 4.91. The molecule has 30 heavy (non-hydrogen) atoms. The van der Waals surface area contributed by atoms with Gasteiger partial charge in [-0.2, -0.15) is 0 Å². The Morgan fingerprint density at radius 2 is 1.70 bits per heavy atom. The van der Waals surface area contributed by atoms with E-state index in [0.717, 1.165) is 11.1 Å². The van der Waals surface area contributed by atoms with Gasteiger partial charge in [-0.15, -0.1) is 0 Å². The molecule has 8 nitrogen and oxygen atoms in total. The first-order chi connectivity index (χ1) is 14.2. The summed E-state index contributed by atoms with van der Waals surface area (Å²) in [5, 5.41) is 15.1. The van der Waals surface area contributed by atoms with Gasteiger partial charge in [-0.05, 0) is 24.8 Å². The van der Waals surface area contributed by atoms with Gasteiger partial charge in [-0.25, -0.2) is 0 Å². The van der Waals surface area contributed by atoms with E-state index in [1.165, 1.54) is 6.92 Å². The van der Waals surface area contributed by atoms with Crippen molar-refractivity contribution in [2.24, 2.45) is 5.92 Å². The number of ketones is 1. The Kier molecular flexibility index (Phi) is 10.4.